The van der Waals surface area contributed by atoms with Gasteiger partial charge in [0.2, 0.25) is 0 Å². The van der Waals surface area contributed by atoms with Crippen molar-refractivity contribution in [3.8, 4) is 0 Å². The molecule has 4 rings (SSSR count). The number of hydrogen-bond acceptors (Lipinski definition) is 4. The lowest BCUT2D eigenvalue weighted by Gasteiger charge is -2.36. The molecule has 1 unspecified atom stereocenters. The Kier molecular flexibility index (Phi) is 4.52. The number of benzene rings is 2. The zero-order valence-corrected chi connectivity index (χ0v) is 14.6. The van der Waals surface area contributed by atoms with Crippen LogP contribution in [0.25, 0.3) is 0 Å². The summed E-state index contributed by atoms with van der Waals surface area (Å²) in [5.74, 6) is -0.251. The second-order valence-electron chi connectivity index (χ2n) is 6.56. The van der Waals surface area contributed by atoms with E-state index in [4.69, 9.17) is 26.8 Å². The molecule has 4 nitrogen and oxygen atoms in total. The van der Waals surface area contributed by atoms with Gasteiger partial charge in [0.15, 0.2) is 0 Å². The van der Waals surface area contributed by atoms with Gasteiger partial charge < -0.3 is 15.2 Å². The summed E-state index contributed by atoms with van der Waals surface area (Å²) in [7, 11) is 0. The fourth-order valence-electron chi connectivity index (χ4n) is 3.58. The molecule has 0 saturated heterocycles. The van der Waals surface area contributed by atoms with Crippen molar-refractivity contribution in [1.29, 1.82) is 0 Å². The molecule has 6 heteroatoms. The van der Waals surface area contributed by atoms with Gasteiger partial charge in [-0.2, -0.15) is 0 Å². The van der Waals surface area contributed by atoms with Crippen LogP contribution in [0.1, 0.15) is 53.6 Å². The average molecular weight is 363 g/mol. The lowest BCUT2D eigenvalue weighted by atomic mass is 9.93. The molecule has 0 fully saturated rings. The molecule has 4 atom stereocenters. The summed E-state index contributed by atoms with van der Waals surface area (Å²) in [6, 6.07) is 10.1. The van der Waals surface area contributed by atoms with E-state index in [1.54, 1.807) is 12.1 Å². The molecule has 0 aromatic heterocycles. The molecule has 0 radical (unpaired) electrons. The van der Waals surface area contributed by atoms with E-state index in [0.29, 0.717) is 18.2 Å². The predicted octanol–water partition coefficient (Wildman–Crippen LogP) is 3.93. The predicted molar refractivity (Wildman–Crippen MR) is 93.7 cm³/mol. The summed E-state index contributed by atoms with van der Waals surface area (Å²) in [5, 5.41) is 4.10. The van der Waals surface area contributed by atoms with Gasteiger partial charge in [0.25, 0.3) is 0 Å². The summed E-state index contributed by atoms with van der Waals surface area (Å²) in [6.45, 7) is 2.82. The summed E-state index contributed by atoms with van der Waals surface area (Å²) < 4.78 is 25.5. The summed E-state index contributed by atoms with van der Waals surface area (Å²) in [4.78, 5) is 0. The van der Waals surface area contributed by atoms with E-state index in [1.807, 2.05) is 25.1 Å². The van der Waals surface area contributed by atoms with Gasteiger partial charge in [-0.15, -0.1) is 0 Å². The number of rotatable bonds is 2. The normalized spacial score (nSPS) is 28.3. The number of nitrogens with two attached hydrogens (primary N) is 1. The molecule has 2 aromatic rings. The van der Waals surface area contributed by atoms with E-state index in [2.05, 4.69) is 5.32 Å². The first-order valence-corrected chi connectivity index (χ1v) is 8.74. The highest BCUT2D eigenvalue weighted by Gasteiger charge is 2.32. The maximum Gasteiger partial charge on any atom is 0.135 e. The second-order valence-corrected chi connectivity index (χ2v) is 7.00. The highest BCUT2D eigenvalue weighted by atomic mass is 35.5. The molecule has 2 aromatic carbocycles. The van der Waals surface area contributed by atoms with E-state index >= 15 is 0 Å². The van der Waals surface area contributed by atoms with Gasteiger partial charge in [0.05, 0.1) is 31.4 Å². The van der Waals surface area contributed by atoms with Gasteiger partial charge in [-0.25, -0.2) is 4.39 Å². The van der Waals surface area contributed by atoms with Crippen molar-refractivity contribution < 1.29 is 13.9 Å². The third-order valence-electron chi connectivity index (χ3n) is 4.90. The van der Waals surface area contributed by atoms with Crippen molar-refractivity contribution >= 4 is 11.6 Å². The zero-order chi connectivity index (χ0) is 17.6. The highest BCUT2D eigenvalue weighted by Crippen LogP contribution is 2.37. The van der Waals surface area contributed by atoms with Crippen molar-refractivity contribution in [3.05, 3.63) is 69.5 Å². The molecular weight excluding hydrogens is 343 g/mol. The van der Waals surface area contributed by atoms with Crippen molar-refractivity contribution in [2.45, 2.75) is 31.3 Å². The summed E-state index contributed by atoms with van der Waals surface area (Å²) >= 11 is 6.10. The first kappa shape index (κ1) is 16.9. The number of hydrogen-bond donors (Lipinski definition) is 2. The van der Waals surface area contributed by atoms with Crippen LogP contribution in [0.5, 0.6) is 0 Å². The molecule has 2 heterocycles. The van der Waals surface area contributed by atoms with Gasteiger partial charge in [-0.1, -0.05) is 23.7 Å². The Bertz CT molecular complexity index is 801. The molecule has 2 aliphatic rings. The van der Waals surface area contributed by atoms with Crippen LogP contribution in [0.3, 0.4) is 0 Å². The Morgan fingerprint density at radius 3 is 2.68 bits per heavy atom. The van der Waals surface area contributed by atoms with E-state index in [9.17, 15) is 4.39 Å². The van der Waals surface area contributed by atoms with E-state index in [-0.39, 0.29) is 30.2 Å². The number of fused-ring (bicyclic) bond motifs is 2. The van der Waals surface area contributed by atoms with Crippen LogP contribution in [0.4, 0.5) is 4.39 Å². The quantitative estimate of drug-likeness (QED) is 0.849. The molecule has 3 N–H and O–H groups in total. The largest absolute Gasteiger partial charge is 0.372 e. The Labute approximate surface area is 151 Å². The van der Waals surface area contributed by atoms with E-state index in [1.165, 1.54) is 6.07 Å². The Balaban J connectivity index is 1.65. The standard InChI is InChI=1S/C19H20ClFN2O2/c1-10-13-5-3-12(21)7-16(13)18(9-24-10)23-19-14-4-2-11(20)6-15(14)17(22)8-25-19/h2-7,10,17-19,23H,8-9,22H2,1H3/t10-,17+,18?,19+/m0/s1. The van der Waals surface area contributed by atoms with Crippen LogP contribution in [0, 0.1) is 5.82 Å². The molecule has 0 aliphatic carbocycles. The zero-order valence-electron chi connectivity index (χ0n) is 13.8. The van der Waals surface area contributed by atoms with Crippen LogP contribution in [0.2, 0.25) is 5.02 Å². The van der Waals surface area contributed by atoms with Gasteiger partial charge in [-0.3, -0.25) is 5.32 Å². The maximum absolute atomic E-state index is 13.8. The first-order valence-electron chi connectivity index (χ1n) is 8.36. The van der Waals surface area contributed by atoms with Gasteiger partial charge in [0.1, 0.15) is 12.0 Å². The van der Waals surface area contributed by atoms with Crippen molar-refractivity contribution in [1.82, 2.24) is 5.32 Å². The minimum absolute atomic E-state index is 0.0551. The Morgan fingerprint density at radius 1 is 1.04 bits per heavy atom. The van der Waals surface area contributed by atoms with Crippen LogP contribution < -0.4 is 11.1 Å². The maximum atomic E-state index is 13.8. The van der Waals surface area contributed by atoms with Crippen molar-refractivity contribution in [2.24, 2.45) is 5.73 Å². The average Bonchev–Trinajstić information content (AvgIpc) is 2.60. The third kappa shape index (κ3) is 3.18. The van der Waals surface area contributed by atoms with E-state index in [0.717, 1.165) is 22.3 Å². The minimum atomic E-state index is -0.342. The number of ether oxygens (including phenoxy) is 2. The molecule has 25 heavy (non-hydrogen) atoms. The van der Waals surface area contributed by atoms with Crippen molar-refractivity contribution in [3.63, 3.8) is 0 Å². The highest BCUT2D eigenvalue weighted by molar-refractivity contribution is 6.30. The molecule has 0 bridgehead atoms. The fraction of sp³-hybridized carbons (Fsp3) is 0.368. The van der Waals surface area contributed by atoms with Crippen LogP contribution in [0.15, 0.2) is 36.4 Å². The summed E-state index contributed by atoms with van der Waals surface area (Å²) in [6.07, 6.45) is -0.398. The number of nitrogens with one attached hydrogen (secondary N) is 1. The SMILES string of the molecule is C[C@@H]1OCC(N[C@@H]2OC[C@@H](N)c3cc(Cl)ccc32)c2cc(F)ccc21. The molecular formula is C19H20ClFN2O2. The lowest BCUT2D eigenvalue weighted by Crippen LogP contribution is -2.39. The van der Waals surface area contributed by atoms with Gasteiger partial charge >= 0.3 is 0 Å². The second kappa shape index (κ2) is 6.67. The smallest absolute Gasteiger partial charge is 0.135 e. The molecule has 0 amide bonds. The minimum Gasteiger partial charge on any atom is -0.372 e. The van der Waals surface area contributed by atoms with Crippen molar-refractivity contribution in [2.75, 3.05) is 13.2 Å². The van der Waals surface area contributed by atoms with Gasteiger partial charge in [-0.05, 0) is 47.9 Å². The van der Waals surface area contributed by atoms with Crippen LogP contribution >= 0.6 is 11.6 Å². The third-order valence-corrected chi connectivity index (χ3v) is 5.14. The number of halogens is 2. The molecule has 0 saturated carbocycles. The lowest BCUT2D eigenvalue weighted by molar-refractivity contribution is -0.0268. The summed E-state index contributed by atoms with van der Waals surface area (Å²) in [5.41, 5.74) is 9.97. The van der Waals surface area contributed by atoms with Gasteiger partial charge in [0, 0.05) is 10.6 Å². The first-order chi connectivity index (χ1) is 12.0. The molecule has 0 spiro atoms. The monoisotopic (exact) mass is 362 g/mol. The Morgan fingerprint density at radius 2 is 1.84 bits per heavy atom. The van der Waals surface area contributed by atoms with Crippen LogP contribution in [-0.4, -0.2) is 13.2 Å². The molecule has 132 valence electrons. The molecule has 2 aliphatic heterocycles. The van der Waals surface area contributed by atoms with Crippen LogP contribution in [-0.2, 0) is 9.47 Å². The fourth-order valence-corrected chi connectivity index (χ4v) is 3.76. The Hall–Kier alpha value is -1.50. The van der Waals surface area contributed by atoms with E-state index < -0.39 is 0 Å². The topological polar surface area (TPSA) is 56.5 Å².